The Hall–Kier alpha value is -0.660. The molecule has 0 aliphatic carbocycles. The molecule has 112 valence electrons. The SMILES string of the molecule is C=C(CCCCOCC1OC(O)C1O)NCCCN. The van der Waals surface area contributed by atoms with E-state index in [2.05, 4.69) is 11.9 Å². The summed E-state index contributed by atoms with van der Waals surface area (Å²) in [7, 11) is 0. The van der Waals surface area contributed by atoms with Gasteiger partial charge >= 0.3 is 0 Å². The molecule has 1 fully saturated rings. The summed E-state index contributed by atoms with van der Waals surface area (Å²) in [5.41, 5.74) is 6.44. The van der Waals surface area contributed by atoms with Crippen LogP contribution in [0.2, 0.25) is 0 Å². The Morgan fingerprint density at radius 2 is 2.11 bits per heavy atom. The van der Waals surface area contributed by atoms with Crippen LogP contribution < -0.4 is 11.1 Å². The molecule has 0 amide bonds. The largest absolute Gasteiger partial charge is 0.389 e. The number of allylic oxidation sites excluding steroid dienone is 1. The van der Waals surface area contributed by atoms with E-state index in [1.807, 2.05) is 0 Å². The van der Waals surface area contributed by atoms with E-state index in [0.29, 0.717) is 19.8 Å². The van der Waals surface area contributed by atoms with Crippen LogP contribution in [0, 0.1) is 0 Å². The summed E-state index contributed by atoms with van der Waals surface area (Å²) >= 11 is 0. The predicted octanol–water partition coefficient (Wildman–Crippen LogP) is -0.296. The van der Waals surface area contributed by atoms with Crippen LogP contribution in [0.1, 0.15) is 25.7 Å². The molecule has 3 atom stereocenters. The van der Waals surface area contributed by atoms with Gasteiger partial charge in [-0.2, -0.15) is 0 Å². The summed E-state index contributed by atoms with van der Waals surface area (Å²) in [5.74, 6) is 0. The lowest BCUT2D eigenvalue weighted by Gasteiger charge is -2.37. The molecule has 0 aromatic heterocycles. The van der Waals surface area contributed by atoms with Crippen LogP contribution in [-0.4, -0.2) is 55.0 Å². The standard InChI is InChI=1S/C13H26N2O4/c1-10(15-7-4-6-14)5-2-3-8-18-9-11-12(16)13(17)19-11/h11-13,15-17H,1-9,14H2. The number of unbranched alkanes of at least 4 members (excludes halogenated alkanes) is 1. The van der Waals surface area contributed by atoms with Crippen molar-refractivity contribution in [2.45, 2.75) is 44.2 Å². The third-order valence-electron chi connectivity index (χ3n) is 3.04. The van der Waals surface area contributed by atoms with E-state index in [4.69, 9.17) is 20.3 Å². The second kappa shape index (κ2) is 9.28. The Labute approximate surface area is 114 Å². The van der Waals surface area contributed by atoms with E-state index in [9.17, 15) is 5.11 Å². The minimum atomic E-state index is -1.04. The molecule has 1 aliphatic heterocycles. The molecular formula is C13H26N2O4. The van der Waals surface area contributed by atoms with Gasteiger partial charge in [0.05, 0.1) is 6.61 Å². The Kier molecular flexibility index (Phi) is 8.00. The van der Waals surface area contributed by atoms with E-state index in [0.717, 1.165) is 37.9 Å². The van der Waals surface area contributed by atoms with Gasteiger partial charge in [-0.3, -0.25) is 0 Å². The summed E-state index contributed by atoms with van der Waals surface area (Å²) < 4.78 is 10.3. The molecule has 0 aromatic carbocycles. The first-order chi connectivity index (χ1) is 9.15. The third kappa shape index (κ3) is 6.35. The van der Waals surface area contributed by atoms with Gasteiger partial charge in [0.25, 0.3) is 0 Å². The van der Waals surface area contributed by atoms with Gasteiger partial charge < -0.3 is 30.7 Å². The lowest BCUT2D eigenvalue weighted by molar-refractivity contribution is -0.314. The number of aliphatic hydroxyl groups is 2. The zero-order chi connectivity index (χ0) is 14.1. The molecule has 1 rings (SSSR count). The average Bonchev–Trinajstić information content (AvgIpc) is 2.41. The van der Waals surface area contributed by atoms with Crippen LogP contribution >= 0.6 is 0 Å². The van der Waals surface area contributed by atoms with Crippen LogP contribution in [-0.2, 0) is 9.47 Å². The lowest BCUT2D eigenvalue weighted by atomic mass is 10.1. The Morgan fingerprint density at radius 1 is 1.32 bits per heavy atom. The summed E-state index contributed by atoms with van der Waals surface area (Å²) in [6.45, 7) is 6.46. The maximum absolute atomic E-state index is 9.27. The predicted molar refractivity (Wildman–Crippen MR) is 72.4 cm³/mol. The molecule has 0 aromatic rings. The Balaban J connectivity index is 1.84. The number of nitrogens with one attached hydrogen (secondary N) is 1. The van der Waals surface area contributed by atoms with Gasteiger partial charge in [-0.05, 0) is 32.2 Å². The van der Waals surface area contributed by atoms with Crippen molar-refractivity contribution in [1.29, 1.82) is 0 Å². The third-order valence-corrected chi connectivity index (χ3v) is 3.04. The monoisotopic (exact) mass is 274 g/mol. The highest BCUT2D eigenvalue weighted by Gasteiger charge is 2.39. The summed E-state index contributed by atoms with van der Waals surface area (Å²) in [6, 6.07) is 0. The van der Waals surface area contributed by atoms with Gasteiger partial charge in [0, 0.05) is 18.8 Å². The molecule has 6 heteroatoms. The van der Waals surface area contributed by atoms with Gasteiger partial charge in [-0.25, -0.2) is 0 Å². The molecule has 0 radical (unpaired) electrons. The van der Waals surface area contributed by atoms with Crippen LogP contribution in [0.15, 0.2) is 12.3 Å². The molecule has 1 heterocycles. The topological polar surface area (TPSA) is 97.0 Å². The van der Waals surface area contributed by atoms with Gasteiger partial charge in [-0.15, -0.1) is 0 Å². The highest BCUT2D eigenvalue weighted by molar-refractivity contribution is 4.90. The quantitative estimate of drug-likeness (QED) is 0.386. The zero-order valence-electron chi connectivity index (χ0n) is 11.4. The van der Waals surface area contributed by atoms with Crippen molar-refractivity contribution < 1.29 is 19.7 Å². The lowest BCUT2D eigenvalue weighted by Crippen LogP contribution is -2.55. The highest BCUT2D eigenvalue weighted by Crippen LogP contribution is 2.19. The highest BCUT2D eigenvalue weighted by atomic mass is 16.7. The van der Waals surface area contributed by atoms with E-state index in [-0.39, 0.29) is 6.10 Å². The van der Waals surface area contributed by atoms with E-state index in [1.165, 1.54) is 0 Å². The maximum atomic E-state index is 9.27. The van der Waals surface area contributed by atoms with Crippen molar-refractivity contribution in [1.82, 2.24) is 5.32 Å². The summed E-state index contributed by atoms with van der Waals surface area (Å²) in [4.78, 5) is 0. The van der Waals surface area contributed by atoms with E-state index < -0.39 is 12.4 Å². The minimum Gasteiger partial charge on any atom is -0.389 e. The van der Waals surface area contributed by atoms with E-state index >= 15 is 0 Å². The molecule has 3 unspecified atom stereocenters. The van der Waals surface area contributed by atoms with Crippen molar-refractivity contribution in [2.24, 2.45) is 5.73 Å². The second-order valence-electron chi connectivity index (χ2n) is 4.76. The van der Waals surface area contributed by atoms with Crippen LogP contribution in [0.25, 0.3) is 0 Å². The molecule has 0 bridgehead atoms. The molecule has 1 aliphatic rings. The first kappa shape index (κ1) is 16.4. The van der Waals surface area contributed by atoms with Gasteiger partial charge in [-0.1, -0.05) is 6.58 Å². The van der Waals surface area contributed by atoms with Gasteiger partial charge in [0.1, 0.15) is 12.2 Å². The molecular weight excluding hydrogens is 248 g/mol. The maximum Gasteiger partial charge on any atom is 0.184 e. The summed E-state index contributed by atoms with van der Waals surface area (Å²) in [6.07, 6.45) is 1.58. The smallest absolute Gasteiger partial charge is 0.184 e. The van der Waals surface area contributed by atoms with Crippen molar-refractivity contribution >= 4 is 0 Å². The minimum absolute atomic E-state index is 0.327. The number of nitrogens with two attached hydrogens (primary N) is 1. The second-order valence-corrected chi connectivity index (χ2v) is 4.76. The average molecular weight is 274 g/mol. The molecule has 6 nitrogen and oxygen atoms in total. The Morgan fingerprint density at radius 3 is 2.74 bits per heavy atom. The van der Waals surface area contributed by atoms with Crippen molar-refractivity contribution in [2.75, 3.05) is 26.3 Å². The number of aliphatic hydroxyl groups excluding tert-OH is 2. The first-order valence-corrected chi connectivity index (χ1v) is 6.86. The molecule has 0 spiro atoms. The first-order valence-electron chi connectivity index (χ1n) is 6.86. The molecule has 5 N–H and O–H groups in total. The Bertz CT molecular complexity index is 263. The van der Waals surface area contributed by atoms with Gasteiger partial charge in [0.2, 0.25) is 0 Å². The van der Waals surface area contributed by atoms with Crippen LogP contribution in [0.4, 0.5) is 0 Å². The van der Waals surface area contributed by atoms with Crippen molar-refractivity contribution in [3.63, 3.8) is 0 Å². The zero-order valence-corrected chi connectivity index (χ0v) is 11.4. The fourth-order valence-electron chi connectivity index (χ4n) is 1.77. The molecule has 0 saturated carbocycles. The fraction of sp³-hybridized carbons (Fsp3) is 0.846. The van der Waals surface area contributed by atoms with E-state index in [1.54, 1.807) is 0 Å². The number of ether oxygens (including phenoxy) is 2. The molecule has 1 saturated heterocycles. The number of hydrogen-bond acceptors (Lipinski definition) is 6. The van der Waals surface area contributed by atoms with Gasteiger partial charge in [0.15, 0.2) is 6.29 Å². The molecule has 19 heavy (non-hydrogen) atoms. The fourth-order valence-corrected chi connectivity index (χ4v) is 1.77. The normalized spacial score (nSPS) is 25.9. The number of rotatable bonds is 11. The van der Waals surface area contributed by atoms with Crippen LogP contribution in [0.3, 0.4) is 0 Å². The van der Waals surface area contributed by atoms with Crippen molar-refractivity contribution in [3.05, 3.63) is 12.3 Å². The van der Waals surface area contributed by atoms with Crippen molar-refractivity contribution in [3.8, 4) is 0 Å². The summed E-state index contributed by atoms with van der Waals surface area (Å²) in [5, 5.41) is 21.4. The van der Waals surface area contributed by atoms with Crippen LogP contribution in [0.5, 0.6) is 0 Å². The number of hydrogen-bond donors (Lipinski definition) is 4.